The maximum atomic E-state index is 6.10. The van der Waals surface area contributed by atoms with Crippen molar-refractivity contribution in [3.63, 3.8) is 0 Å². The molecule has 2 atom stereocenters. The Hall–Kier alpha value is -1.42. The van der Waals surface area contributed by atoms with Crippen molar-refractivity contribution >= 4 is 0 Å². The third-order valence-electron chi connectivity index (χ3n) is 5.21. The number of hydrogen-bond donors (Lipinski definition) is 0. The molecule has 22 heavy (non-hydrogen) atoms. The van der Waals surface area contributed by atoms with Gasteiger partial charge in [0, 0.05) is 18.0 Å². The monoisotopic (exact) mass is 303 g/mol. The Kier molecular flexibility index (Phi) is 4.11. The highest BCUT2D eigenvalue weighted by Crippen LogP contribution is 2.35. The van der Waals surface area contributed by atoms with E-state index in [4.69, 9.17) is 14.2 Å². The van der Waals surface area contributed by atoms with Crippen molar-refractivity contribution in [2.75, 3.05) is 32.9 Å². The Balaban J connectivity index is 1.39. The van der Waals surface area contributed by atoms with Crippen LogP contribution in [0, 0.1) is 5.92 Å². The van der Waals surface area contributed by atoms with Gasteiger partial charge in [0.05, 0.1) is 6.61 Å². The fourth-order valence-electron chi connectivity index (χ4n) is 4.09. The van der Waals surface area contributed by atoms with Crippen molar-refractivity contribution in [2.24, 2.45) is 5.92 Å². The molecular formula is C18H25NO3. The van der Waals surface area contributed by atoms with Crippen LogP contribution < -0.4 is 14.2 Å². The molecule has 3 aliphatic heterocycles. The summed E-state index contributed by atoms with van der Waals surface area (Å²) < 4.78 is 17.3. The standard InChI is InChI=1S/C18H25NO3/c1-2-8-19-9-3-4-14(16(19)5-1)13-22-15-6-7-17-18(12-15)21-11-10-20-17/h6-7,12,14,16H,1-5,8-11,13H2/t14-,16+/m0/s1. The van der Waals surface area contributed by atoms with Crippen LogP contribution in [0.2, 0.25) is 0 Å². The summed E-state index contributed by atoms with van der Waals surface area (Å²) in [5.41, 5.74) is 0. The number of hydrogen-bond acceptors (Lipinski definition) is 4. The lowest BCUT2D eigenvalue weighted by atomic mass is 9.84. The lowest BCUT2D eigenvalue weighted by molar-refractivity contribution is 0.0365. The van der Waals surface area contributed by atoms with Gasteiger partial charge in [0.2, 0.25) is 0 Å². The number of ether oxygens (including phenoxy) is 3. The lowest BCUT2D eigenvalue weighted by Crippen LogP contribution is -2.49. The quantitative estimate of drug-likeness (QED) is 0.858. The van der Waals surface area contributed by atoms with Crippen LogP contribution in [0.1, 0.15) is 32.1 Å². The van der Waals surface area contributed by atoms with E-state index in [0.29, 0.717) is 19.1 Å². The smallest absolute Gasteiger partial charge is 0.165 e. The van der Waals surface area contributed by atoms with Crippen LogP contribution in [-0.2, 0) is 0 Å². The van der Waals surface area contributed by atoms with Gasteiger partial charge in [-0.25, -0.2) is 0 Å². The fraction of sp³-hybridized carbons (Fsp3) is 0.667. The first-order valence-corrected chi connectivity index (χ1v) is 8.67. The van der Waals surface area contributed by atoms with Crippen molar-refractivity contribution < 1.29 is 14.2 Å². The molecule has 4 rings (SSSR count). The third-order valence-corrected chi connectivity index (χ3v) is 5.21. The molecule has 2 saturated heterocycles. The van der Waals surface area contributed by atoms with E-state index < -0.39 is 0 Å². The second kappa shape index (κ2) is 6.37. The highest BCUT2D eigenvalue weighted by atomic mass is 16.6. The summed E-state index contributed by atoms with van der Waals surface area (Å²) >= 11 is 0. The van der Waals surface area contributed by atoms with E-state index in [2.05, 4.69) is 4.90 Å². The van der Waals surface area contributed by atoms with Gasteiger partial charge in [-0.3, -0.25) is 4.90 Å². The third kappa shape index (κ3) is 2.89. The van der Waals surface area contributed by atoms with E-state index in [1.807, 2.05) is 18.2 Å². The van der Waals surface area contributed by atoms with E-state index >= 15 is 0 Å². The summed E-state index contributed by atoms with van der Waals surface area (Å²) in [6.07, 6.45) is 6.69. The average molecular weight is 303 g/mol. The van der Waals surface area contributed by atoms with Gasteiger partial charge in [-0.15, -0.1) is 0 Å². The van der Waals surface area contributed by atoms with Crippen LogP contribution in [0.5, 0.6) is 17.2 Å². The normalized spacial score (nSPS) is 28.0. The summed E-state index contributed by atoms with van der Waals surface area (Å²) in [5, 5.41) is 0. The second-order valence-electron chi connectivity index (χ2n) is 6.62. The Labute approximate surface area is 132 Å². The number of nitrogens with zero attached hydrogens (tertiary/aromatic N) is 1. The van der Waals surface area contributed by atoms with E-state index in [9.17, 15) is 0 Å². The topological polar surface area (TPSA) is 30.9 Å². The zero-order valence-corrected chi connectivity index (χ0v) is 13.1. The molecule has 0 N–H and O–H groups in total. The predicted molar refractivity (Wildman–Crippen MR) is 84.9 cm³/mol. The van der Waals surface area contributed by atoms with Crippen molar-refractivity contribution in [3.8, 4) is 17.2 Å². The molecule has 0 saturated carbocycles. The molecule has 0 unspecified atom stereocenters. The summed E-state index contributed by atoms with van der Waals surface area (Å²) in [6, 6.07) is 6.66. The maximum absolute atomic E-state index is 6.10. The molecule has 0 aromatic heterocycles. The van der Waals surface area contributed by atoms with Crippen LogP contribution in [0.25, 0.3) is 0 Å². The minimum atomic E-state index is 0.621. The highest BCUT2D eigenvalue weighted by molar-refractivity contribution is 5.46. The molecule has 4 heteroatoms. The van der Waals surface area contributed by atoms with Gasteiger partial charge < -0.3 is 14.2 Å². The zero-order valence-electron chi connectivity index (χ0n) is 13.1. The summed E-state index contributed by atoms with van der Waals surface area (Å²) in [4.78, 5) is 2.69. The molecule has 1 aromatic rings. The maximum Gasteiger partial charge on any atom is 0.165 e. The van der Waals surface area contributed by atoms with E-state index in [1.54, 1.807) is 0 Å². The Morgan fingerprint density at radius 1 is 1.00 bits per heavy atom. The molecule has 120 valence electrons. The van der Waals surface area contributed by atoms with Gasteiger partial charge >= 0.3 is 0 Å². The van der Waals surface area contributed by atoms with E-state index in [-0.39, 0.29) is 0 Å². The summed E-state index contributed by atoms with van der Waals surface area (Å²) in [5.74, 6) is 3.21. The highest BCUT2D eigenvalue weighted by Gasteiger charge is 2.33. The van der Waals surface area contributed by atoms with Gasteiger partial charge in [-0.2, -0.15) is 0 Å². The Morgan fingerprint density at radius 3 is 2.82 bits per heavy atom. The second-order valence-corrected chi connectivity index (χ2v) is 6.62. The van der Waals surface area contributed by atoms with Gasteiger partial charge in [0.1, 0.15) is 19.0 Å². The zero-order chi connectivity index (χ0) is 14.8. The Bertz CT molecular complexity index is 517. The molecule has 0 aliphatic carbocycles. The number of fused-ring (bicyclic) bond motifs is 2. The number of piperidine rings is 2. The largest absolute Gasteiger partial charge is 0.493 e. The van der Waals surface area contributed by atoms with Gasteiger partial charge in [-0.1, -0.05) is 6.42 Å². The molecule has 0 amide bonds. The van der Waals surface area contributed by atoms with Crippen LogP contribution in [-0.4, -0.2) is 43.9 Å². The molecule has 0 bridgehead atoms. The summed E-state index contributed by atoms with van der Waals surface area (Å²) in [6.45, 7) is 4.64. The molecule has 2 fully saturated rings. The minimum absolute atomic E-state index is 0.621. The van der Waals surface area contributed by atoms with Crippen molar-refractivity contribution in [1.82, 2.24) is 4.90 Å². The van der Waals surface area contributed by atoms with E-state index in [1.165, 1.54) is 45.2 Å². The van der Waals surface area contributed by atoms with Gasteiger partial charge in [0.15, 0.2) is 11.5 Å². The summed E-state index contributed by atoms with van der Waals surface area (Å²) in [7, 11) is 0. The SMILES string of the molecule is c1cc2c(cc1OC[C@@H]1CCCN3CCCC[C@H]13)OCCO2. The predicted octanol–water partition coefficient (Wildman–Crippen LogP) is 3.10. The molecular weight excluding hydrogens is 278 g/mol. The molecule has 4 nitrogen and oxygen atoms in total. The van der Waals surface area contributed by atoms with E-state index in [0.717, 1.165) is 29.9 Å². The van der Waals surface area contributed by atoms with Crippen LogP contribution in [0.3, 0.4) is 0 Å². The Morgan fingerprint density at radius 2 is 1.86 bits per heavy atom. The van der Waals surface area contributed by atoms with Gasteiger partial charge in [-0.05, 0) is 50.9 Å². The number of rotatable bonds is 3. The van der Waals surface area contributed by atoms with Gasteiger partial charge in [0.25, 0.3) is 0 Å². The van der Waals surface area contributed by atoms with Crippen LogP contribution in [0.4, 0.5) is 0 Å². The fourth-order valence-corrected chi connectivity index (χ4v) is 4.09. The first kappa shape index (κ1) is 14.2. The molecule has 0 spiro atoms. The number of benzene rings is 1. The van der Waals surface area contributed by atoms with Crippen molar-refractivity contribution in [1.29, 1.82) is 0 Å². The molecule has 3 heterocycles. The first-order chi connectivity index (χ1) is 10.9. The van der Waals surface area contributed by atoms with Crippen LogP contribution >= 0.6 is 0 Å². The lowest BCUT2D eigenvalue weighted by Gasteiger charge is -2.44. The van der Waals surface area contributed by atoms with Crippen LogP contribution in [0.15, 0.2) is 18.2 Å². The molecule has 1 aromatic carbocycles. The minimum Gasteiger partial charge on any atom is -0.493 e. The van der Waals surface area contributed by atoms with Crippen molar-refractivity contribution in [2.45, 2.75) is 38.1 Å². The molecule has 0 radical (unpaired) electrons. The van der Waals surface area contributed by atoms with Crippen molar-refractivity contribution in [3.05, 3.63) is 18.2 Å². The first-order valence-electron chi connectivity index (χ1n) is 8.67. The average Bonchev–Trinajstić information content (AvgIpc) is 2.60. The molecule has 3 aliphatic rings.